The second kappa shape index (κ2) is 8.57. The van der Waals surface area contributed by atoms with Gasteiger partial charge in [-0.1, -0.05) is 33.6 Å². The summed E-state index contributed by atoms with van der Waals surface area (Å²) < 4.78 is 4.81. The standard InChI is InChI=1S/C13H25O3/c1-13(2,3)9-6-4-5-8-12(15)16-11-7-10-14/h11,14H,4-10H2,1-3H3. The van der Waals surface area contributed by atoms with Gasteiger partial charge in [0, 0.05) is 19.4 Å². The van der Waals surface area contributed by atoms with Crippen molar-refractivity contribution >= 4 is 5.97 Å². The molecule has 0 amide bonds. The Labute approximate surface area is 99.2 Å². The summed E-state index contributed by atoms with van der Waals surface area (Å²) in [6.07, 6.45) is 5.21. The lowest BCUT2D eigenvalue weighted by Crippen LogP contribution is -2.05. The van der Waals surface area contributed by atoms with E-state index in [-0.39, 0.29) is 12.6 Å². The Morgan fingerprint density at radius 1 is 1.25 bits per heavy atom. The van der Waals surface area contributed by atoms with Crippen LogP contribution in [0.15, 0.2) is 0 Å². The molecular weight excluding hydrogens is 204 g/mol. The number of aliphatic hydroxyl groups excluding tert-OH is 1. The van der Waals surface area contributed by atoms with Gasteiger partial charge >= 0.3 is 5.97 Å². The minimum atomic E-state index is -0.191. The SMILES string of the molecule is CC(C)(C)CCCCCC(=O)O[CH]CCO. The molecule has 0 saturated heterocycles. The van der Waals surface area contributed by atoms with E-state index >= 15 is 0 Å². The number of unbranched alkanes of at least 4 members (excludes halogenated alkanes) is 2. The van der Waals surface area contributed by atoms with Gasteiger partial charge in [0.1, 0.15) is 6.61 Å². The predicted octanol–water partition coefficient (Wildman–Crippen LogP) is 3.07. The summed E-state index contributed by atoms with van der Waals surface area (Å²) in [5, 5.41) is 8.48. The Kier molecular flexibility index (Phi) is 8.26. The number of rotatable bonds is 8. The number of hydrogen-bond donors (Lipinski definition) is 1. The van der Waals surface area contributed by atoms with Crippen LogP contribution in [0.5, 0.6) is 0 Å². The number of hydrogen-bond acceptors (Lipinski definition) is 3. The zero-order chi connectivity index (χ0) is 12.4. The molecule has 3 heteroatoms. The van der Waals surface area contributed by atoms with E-state index in [2.05, 4.69) is 20.8 Å². The summed E-state index contributed by atoms with van der Waals surface area (Å²) in [5.41, 5.74) is 0.384. The quantitative estimate of drug-likeness (QED) is 0.514. The summed E-state index contributed by atoms with van der Waals surface area (Å²) in [5.74, 6) is -0.191. The Bertz CT molecular complexity index is 182. The average molecular weight is 229 g/mol. The highest BCUT2D eigenvalue weighted by Crippen LogP contribution is 2.22. The largest absolute Gasteiger partial charge is 0.458 e. The fraction of sp³-hybridized carbons (Fsp3) is 0.846. The number of ether oxygens (including phenoxy) is 1. The first-order chi connectivity index (χ1) is 7.45. The smallest absolute Gasteiger partial charge is 0.306 e. The van der Waals surface area contributed by atoms with Gasteiger partial charge < -0.3 is 9.84 Å². The Morgan fingerprint density at radius 2 is 1.94 bits per heavy atom. The van der Waals surface area contributed by atoms with Crippen LogP contribution in [0.2, 0.25) is 0 Å². The second-order valence-electron chi connectivity index (χ2n) is 5.29. The molecule has 0 aromatic rings. The molecule has 0 aliphatic carbocycles. The molecule has 16 heavy (non-hydrogen) atoms. The molecule has 0 aromatic heterocycles. The van der Waals surface area contributed by atoms with Gasteiger partial charge in [-0.15, -0.1) is 0 Å². The minimum absolute atomic E-state index is 0.0266. The van der Waals surface area contributed by atoms with Crippen molar-refractivity contribution in [3.05, 3.63) is 6.61 Å². The van der Waals surface area contributed by atoms with E-state index in [0.29, 0.717) is 18.3 Å². The lowest BCUT2D eigenvalue weighted by Gasteiger charge is -2.17. The maximum atomic E-state index is 11.1. The van der Waals surface area contributed by atoms with E-state index in [1.54, 1.807) is 0 Å². The summed E-state index contributed by atoms with van der Waals surface area (Å²) in [7, 11) is 0. The van der Waals surface area contributed by atoms with Crippen LogP contribution in [-0.2, 0) is 9.53 Å². The van der Waals surface area contributed by atoms with Crippen molar-refractivity contribution in [2.45, 2.75) is 59.3 Å². The monoisotopic (exact) mass is 229 g/mol. The molecule has 0 fully saturated rings. The molecule has 0 aliphatic heterocycles. The minimum Gasteiger partial charge on any atom is -0.458 e. The van der Waals surface area contributed by atoms with Crippen molar-refractivity contribution in [2.75, 3.05) is 6.61 Å². The van der Waals surface area contributed by atoms with Gasteiger partial charge in [0.15, 0.2) is 0 Å². The van der Waals surface area contributed by atoms with Crippen LogP contribution in [0.3, 0.4) is 0 Å². The fourth-order valence-electron chi connectivity index (χ4n) is 1.36. The third-order valence-electron chi connectivity index (χ3n) is 2.27. The zero-order valence-electron chi connectivity index (χ0n) is 10.8. The van der Waals surface area contributed by atoms with Crippen LogP contribution in [0.1, 0.15) is 59.3 Å². The third kappa shape index (κ3) is 11.5. The lowest BCUT2D eigenvalue weighted by atomic mass is 9.89. The van der Waals surface area contributed by atoms with Crippen LogP contribution in [-0.4, -0.2) is 17.7 Å². The number of aliphatic hydroxyl groups is 1. The van der Waals surface area contributed by atoms with Crippen molar-refractivity contribution in [2.24, 2.45) is 5.41 Å². The summed E-state index contributed by atoms with van der Waals surface area (Å²) >= 11 is 0. The Balaban J connectivity index is 3.28. The molecule has 0 spiro atoms. The van der Waals surface area contributed by atoms with Gasteiger partial charge in [-0.3, -0.25) is 4.79 Å². The number of esters is 1. The molecule has 3 nitrogen and oxygen atoms in total. The zero-order valence-corrected chi connectivity index (χ0v) is 10.8. The van der Waals surface area contributed by atoms with Gasteiger partial charge in [-0.25, -0.2) is 0 Å². The molecule has 0 aromatic carbocycles. The van der Waals surface area contributed by atoms with E-state index in [4.69, 9.17) is 9.84 Å². The first kappa shape index (κ1) is 15.4. The van der Waals surface area contributed by atoms with Gasteiger partial charge in [-0.2, -0.15) is 0 Å². The molecule has 0 aliphatic rings. The van der Waals surface area contributed by atoms with E-state index in [9.17, 15) is 4.79 Å². The van der Waals surface area contributed by atoms with Crippen molar-refractivity contribution in [1.29, 1.82) is 0 Å². The van der Waals surface area contributed by atoms with Gasteiger partial charge in [0.05, 0.1) is 0 Å². The van der Waals surface area contributed by atoms with Crippen molar-refractivity contribution in [3.63, 3.8) is 0 Å². The number of carbonyl (C=O) groups is 1. The van der Waals surface area contributed by atoms with Crippen LogP contribution < -0.4 is 0 Å². The van der Waals surface area contributed by atoms with Crippen LogP contribution in [0.4, 0.5) is 0 Å². The molecule has 1 N–H and O–H groups in total. The molecule has 0 rings (SSSR count). The van der Waals surface area contributed by atoms with Crippen molar-refractivity contribution in [1.82, 2.24) is 0 Å². The predicted molar refractivity (Wildman–Crippen MR) is 64.6 cm³/mol. The van der Waals surface area contributed by atoms with Crippen molar-refractivity contribution < 1.29 is 14.6 Å². The van der Waals surface area contributed by atoms with Gasteiger partial charge in [-0.05, 0) is 18.3 Å². The molecule has 1 radical (unpaired) electrons. The molecule has 0 unspecified atom stereocenters. The Morgan fingerprint density at radius 3 is 2.50 bits per heavy atom. The highest BCUT2D eigenvalue weighted by Gasteiger charge is 2.09. The van der Waals surface area contributed by atoms with E-state index in [0.717, 1.165) is 19.3 Å². The van der Waals surface area contributed by atoms with Crippen LogP contribution >= 0.6 is 0 Å². The maximum absolute atomic E-state index is 11.1. The molecule has 0 atom stereocenters. The first-order valence-electron chi connectivity index (χ1n) is 6.08. The van der Waals surface area contributed by atoms with E-state index < -0.39 is 0 Å². The molecular formula is C13H25O3. The number of carbonyl (C=O) groups excluding carboxylic acids is 1. The molecule has 0 heterocycles. The van der Waals surface area contributed by atoms with Crippen LogP contribution in [0, 0.1) is 12.0 Å². The topological polar surface area (TPSA) is 46.5 Å². The fourth-order valence-corrected chi connectivity index (χ4v) is 1.36. The van der Waals surface area contributed by atoms with Gasteiger partial charge in [0.2, 0.25) is 0 Å². The Hall–Kier alpha value is -0.570. The summed E-state index contributed by atoms with van der Waals surface area (Å²) in [4.78, 5) is 11.1. The lowest BCUT2D eigenvalue weighted by molar-refractivity contribution is -0.140. The van der Waals surface area contributed by atoms with Gasteiger partial charge in [0.25, 0.3) is 0 Å². The van der Waals surface area contributed by atoms with Crippen molar-refractivity contribution in [3.8, 4) is 0 Å². The highest BCUT2D eigenvalue weighted by atomic mass is 16.5. The highest BCUT2D eigenvalue weighted by molar-refractivity contribution is 5.69. The normalized spacial score (nSPS) is 11.5. The first-order valence-corrected chi connectivity index (χ1v) is 6.08. The molecule has 95 valence electrons. The summed E-state index contributed by atoms with van der Waals surface area (Å²) in [6.45, 7) is 8.08. The van der Waals surface area contributed by atoms with Crippen LogP contribution in [0.25, 0.3) is 0 Å². The second-order valence-corrected chi connectivity index (χ2v) is 5.29. The maximum Gasteiger partial charge on any atom is 0.306 e. The van der Waals surface area contributed by atoms with E-state index in [1.165, 1.54) is 13.0 Å². The average Bonchev–Trinajstić information content (AvgIpc) is 2.16. The third-order valence-corrected chi connectivity index (χ3v) is 2.27. The molecule has 0 saturated carbocycles. The molecule has 0 bridgehead atoms. The summed E-state index contributed by atoms with van der Waals surface area (Å²) in [6, 6.07) is 0. The van der Waals surface area contributed by atoms with E-state index in [1.807, 2.05) is 0 Å².